The van der Waals surface area contributed by atoms with Gasteiger partial charge in [0.15, 0.2) is 5.03 Å². The number of carbonyl (C=O) groups is 1. The van der Waals surface area contributed by atoms with Crippen molar-refractivity contribution in [3.05, 3.63) is 73.9 Å². The number of carbonyl (C=O) groups excluding carboxylic acids is 1. The summed E-state index contributed by atoms with van der Waals surface area (Å²) in [4.78, 5) is 30.8. The highest BCUT2D eigenvalue weighted by atomic mass is 35.5. The average molecular weight is 578 g/mol. The molecule has 0 radical (unpaired) electrons. The third kappa shape index (κ3) is 5.12. The maximum Gasteiger partial charge on any atom is 0.434 e. The summed E-state index contributed by atoms with van der Waals surface area (Å²) >= 11 is 6.29. The number of aryl methyl sites for hydroxylation is 1. The number of benzene rings is 1. The molecule has 0 bridgehead atoms. The molecule has 208 valence electrons. The van der Waals surface area contributed by atoms with E-state index in [-0.39, 0.29) is 27.6 Å². The van der Waals surface area contributed by atoms with Gasteiger partial charge in [0, 0.05) is 19.0 Å². The molecule has 13 heteroatoms. The lowest BCUT2D eigenvalue weighted by atomic mass is 9.68. The normalized spacial score (nSPS) is 18.2. The van der Waals surface area contributed by atoms with E-state index in [4.69, 9.17) is 16.0 Å². The Morgan fingerprint density at radius 1 is 1.23 bits per heavy atom. The number of hydrogen-bond donors (Lipinski definition) is 2. The molecule has 1 aliphatic carbocycles. The van der Waals surface area contributed by atoms with E-state index in [9.17, 15) is 22.4 Å². The number of hydrogen-bond acceptors (Lipinski definition) is 7. The van der Waals surface area contributed by atoms with E-state index in [2.05, 4.69) is 19.9 Å². The Balaban J connectivity index is 1.48. The summed E-state index contributed by atoms with van der Waals surface area (Å²) in [6.07, 6.45) is 4.18. The molecule has 1 saturated carbocycles. The third-order valence-corrected chi connectivity index (χ3v) is 9.78. The lowest BCUT2D eigenvalue weighted by Gasteiger charge is -2.37. The first-order chi connectivity index (χ1) is 18.4. The van der Waals surface area contributed by atoms with Crippen LogP contribution in [0.4, 0.5) is 4.39 Å². The first-order valence-electron chi connectivity index (χ1n) is 12.7. The summed E-state index contributed by atoms with van der Waals surface area (Å²) in [6.45, 7) is 6.29. The van der Waals surface area contributed by atoms with Crippen LogP contribution in [-0.4, -0.2) is 47.5 Å². The predicted octanol–water partition coefficient (Wildman–Crippen LogP) is 4.01. The van der Waals surface area contributed by atoms with Crippen molar-refractivity contribution in [1.82, 2.24) is 24.8 Å². The van der Waals surface area contributed by atoms with Crippen LogP contribution in [-0.2, 0) is 10.0 Å². The van der Waals surface area contributed by atoms with Gasteiger partial charge in [0.1, 0.15) is 17.6 Å². The topological polar surface area (TPSA) is 138 Å². The Hall–Kier alpha value is -3.09. The third-order valence-electron chi connectivity index (χ3n) is 8.13. The van der Waals surface area contributed by atoms with Crippen LogP contribution >= 0.6 is 11.6 Å². The molecule has 39 heavy (non-hydrogen) atoms. The van der Waals surface area contributed by atoms with Crippen LogP contribution < -0.4 is 10.5 Å². The predicted molar refractivity (Wildman–Crippen MR) is 141 cm³/mol. The van der Waals surface area contributed by atoms with E-state index in [1.807, 2.05) is 6.92 Å². The van der Waals surface area contributed by atoms with Crippen LogP contribution in [0.3, 0.4) is 0 Å². The van der Waals surface area contributed by atoms with Gasteiger partial charge in [-0.3, -0.25) is 4.79 Å². The number of sulfonamides is 1. The van der Waals surface area contributed by atoms with Crippen molar-refractivity contribution >= 4 is 27.5 Å². The zero-order valence-electron chi connectivity index (χ0n) is 21.8. The summed E-state index contributed by atoms with van der Waals surface area (Å²) in [5.74, 6) is -2.98. The van der Waals surface area contributed by atoms with Gasteiger partial charge < -0.3 is 9.32 Å². The quantitative estimate of drug-likeness (QED) is 0.432. The standard InChI is InChI=1S/C26H29ClFN5O5S/c1-14-5-7-18(28)20(15(14)2)16(3)21(23-30-31-25(35)38-23)32-39(36,37)19-8-6-17(27)22(29-19)24(34)33-12-11-26(13-33)9-4-10-26/h5-8,16,21,32H,4,9-13H2,1-3H3,(H,31,35)/t16-,21+/m1/s1. The summed E-state index contributed by atoms with van der Waals surface area (Å²) in [5.41, 5.74) is 1.65. The number of halogens is 2. The first-order valence-corrected chi connectivity index (χ1v) is 14.6. The highest BCUT2D eigenvalue weighted by Crippen LogP contribution is 2.48. The van der Waals surface area contributed by atoms with Crippen molar-refractivity contribution < 1.29 is 22.0 Å². The molecule has 2 atom stereocenters. The molecule has 5 rings (SSSR count). The van der Waals surface area contributed by atoms with Crippen molar-refractivity contribution in [3.8, 4) is 0 Å². The number of aromatic amines is 1. The van der Waals surface area contributed by atoms with E-state index in [1.54, 1.807) is 24.8 Å². The number of H-pyrrole nitrogens is 1. The fraction of sp³-hybridized carbons (Fsp3) is 0.462. The molecule has 1 aromatic carbocycles. The molecule has 2 fully saturated rings. The number of pyridine rings is 1. The van der Waals surface area contributed by atoms with Gasteiger partial charge in [-0.2, -0.15) is 4.72 Å². The molecule has 1 saturated heterocycles. The summed E-state index contributed by atoms with van der Waals surface area (Å²) < 4.78 is 49.7. The molecule has 0 unspecified atom stereocenters. The Bertz CT molecular complexity index is 1600. The number of rotatable bonds is 7. The number of nitrogens with zero attached hydrogens (tertiary/aromatic N) is 3. The highest BCUT2D eigenvalue weighted by molar-refractivity contribution is 7.89. The summed E-state index contributed by atoms with van der Waals surface area (Å²) in [6, 6.07) is 4.13. The summed E-state index contributed by atoms with van der Waals surface area (Å²) in [5, 5.41) is 5.50. The maximum absolute atomic E-state index is 15.0. The minimum Gasteiger partial charge on any atom is -0.391 e. The van der Waals surface area contributed by atoms with Gasteiger partial charge in [0.25, 0.3) is 15.9 Å². The Labute approximate surface area is 230 Å². The van der Waals surface area contributed by atoms with E-state index >= 15 is 0 Å². The molecule has 3 aromatic rings. The van der Waals surface area contributed by atoms with Crippen molar-refractivity contribution in [1.29, 1.82) is 0 Å². The smallest absolute Gasteiger partial charge is 0.391 e. The molecule has 2 aliphatic rings. The lowest BCUT2D eigenvalue weighted by Crippen LogP contribution is -2.36. The molecule has 10 nitrogen and oxygen atoms in total. The van der Waals surface area contributed by atoms with Crippen LogP contribution in [0.15, 0.2) is 38.5 Å². The minimum atomic E-state index is -4.43. The van der Waals surface area contributed by atoms with Crippen LogP contribution in [0, 0.1) is 25.1 Å². The van der Waals surface area contributed by atoms with E-state index in [1.165, 1.54) is 18.2 Å². The molecule has 1 aliphatic heterocycles. The number of nitrogens with one attached hydrogen (secondary N) is 2. The molecular weight excluding hydrogens is 549 g/mol. The second-order valence-electron chi connectivity index (χ2n) is 10.6. The Morgan fingerprint density at radius 3 is 2.59 bits per heavy atom. The maximum atomic E-state index is 15.0. The van der Waals surface area contributed by atoms with Crippen LogP contribution in [0.25, 0.3) is 0 Å². The van der Waals surface area contributed by atoms with E-state index < -0.39 is 44.5 Å². The van der Waals surface area contributed by atoms with Crippen LogP contribution in [0.5, 0.6) is 0 Å². The molecule has 1 spiro atoms. The van der Waals surface area contributed by atoms with Gasteiger partial charge in [-0.1, -0.05) is 31.0 Å². The molecular formula is C26H29ClFN5O5S. The lowest BCUT2D eigenvalue weighted by molar-refractivity contribution is 0.0726. The van der Waals surface area contributed by atoms with Crippen LogP contribution in [0.2, 0.25) is 5.02 Å². The van der Waals surface area contributed by atoms with Crippen molar-refractivity contribution in [3.63, 3.8) is 0 Å². The molecule has 2 aromatic heterocycles. The Morgan fingerprint density at radius 2 is 1.97 bits per heavy atom. The second-order valence-corrected chi connectivity index (χ2v) is 12.6. The number of aromatic nitrogens is 3. The summed E-state index contributed by atoms with van der Waals surface area (Å²) in [7, 11) is -4.43. The Kier molecular flexibility index (Phi) is 7.15. The molecule has 3 heterocycles. The number of amides is 1. The zero-order chi connectivity index (χ0) is 28.1. The van der Waals surface area contributed by atoms with E-state index in [0.717, 1.165) is 31.2 Å². The van der Waals surface area contributed by atoms with Gasteiger partial charge in [-0.05, 0) is 73.4 Å². The van der Waals surface area contributed by atoms with Crippen molar-refractivity contribution in [2.75, 3.05) is 13.1 Å². The SMILES string of the molecule is Cc1ccc(F)c([C@@H](C)[C@H](NS(=O)(=O)c2ccc(Cl)c(C(=O)N3CCC4(CCC4)C3)n2)c2n[nH]c(=O)o2)c1C. The van der Waals surface area contributed by atoms with Gasteiger partial charge in [-0.25, -0.2) is 27.7 Å². The zero-order valence-corrected chi connectivity index (χ0v) is 23.3. The fourth-order valence-corrected chi connectivity index (χ4v) is 6.97. The first kappa shape index (κ1) is 27.5. The van der Waals surface area contributed by atoms with E-state index in [0.29, 0.717) is 18.7 Å². The number of likely N-dealkylation sites (tertiary alicyclic amines) is 1. The van der Waals surface area contributed by atoms with Crippen molar-refractivity contribution in [2.45, 2.75) is 63.4 Å². The largest absolute Gasteiger partial charge is 0.434 e. The average Bonchev–Trinajstić information content (AvgIpc) is 3.52. The monoisotopic (exact) mass is 577 g/mol. The molecule has 2 N–H and O–H groups in total. The van der Waals surface area contributed by atoms with Crippen molar-refractivity contribution in [2.24, 2.45) is 5.41 Å². The molecule has 1 amide bonds. The minimum absolute atomic E-state index is 0.0363. The fourth-order valence-electron chi connectivity index (χ4n) is 5.57. The van der Waals surface area contributed by atoms with Gasteiger partial charge in [0.05, 0.1) is 5.02 Å². The van der Waals surface area contributed by atoms with Gasteiger partial charge >= 0.3 is 5.76 Å². The van der Waals surface area contributed by atoms with Crippen LogP contribution in [0.1, 0.15) is 77.6 Å². The van der Waals surface area contributed by atoms with Gasteiger partial charge in [0.2, 0.25) is 5.89 Å². The van der Waals surface area contributed by atoms with Gasteiger partial charge in [-0.15, -0.1) is 5.10 Å². The highest BCUT2D eigenvalue weighted by Gasteiger charge is 2.45. The second kappa shape index (κ2) is 10.1.